The number of carbonyl (C=O) groups is 1. The predicted octanol–water partition coefficient (Wildman–Crippen LogP) is -0.438. The van der Waals surface area contributed by atoms with Gasteiger partial charge in [0.1, 0.15) is 0 Å². The zero-order chi connectivity index (χ0) is 10.9. The number of carbonyl (C=O) groups excluding carboxylic acids is 1. The van der Waals surface area contributed by atoms with Crippen molar-refractivity contribution in [3.63, 3.8) is 0 Å². The number of aliphatic hydroxyl groups is 1. The van der Waals surface area contributed by atoms with Crippen molar-refractivity contribution in [3.05, 3.63) is 0 Å². The molecule has 2 atom stereocenters. The van der Waals surface area contributed by atoms with E-state index in [0.29, 0.717) is 0 Å². The van der Waals surface area contributed by atoms with Crippen LogP contribution in [0.3, 0.4) is 0 Å². The molecule has 1 amide bonds. The third-order valence-electron chi connectivity index (χ3n) is 2.26. The topological polar surface area (TPSA) is 66.6 Å². The third kappa shape index (κ3) is 2.19. The fourth-order valence-electron chi connectivity index (χ4n) is 1.58. The number of aliphatic hydroxyl groups excluding tert-OH is 1. The first-order chi connectivity index (χ1) is 6.37. The van der Waals surface area contributed by atoms with Crippen LogP contribution in [0, 0.1) is 0 Å². The van der Waals surface area contributed by atoms with Gasteiger partial charge in [0.15, 0.2) is 0 Å². The SMILES string of the molecule is C[C@@H](N)C(=O)N1CC(F)(F)C[C@@H]1CO. The Balaban J connectivity index is 2.73. The Morgan fingerprint density at radius 2 is 2.36 bits per heavy atom. The highest BCUT2D eigenvalue weighted by Gasteiger charge is 2.46. The molecule has 0 spiro atoms. The molecule has 0 saturated carbocycles. The maximum atomic E-state index is 12.9. The molecule has 6 heteroatoms. The van der Waals surface area contributed by atoms with Crippen molar-refractivity contribution in [1.82, 2.24) is 4.90 Å². The molecule has 1 rings (SSSR count). The highest BCUT2D eigenvalue weighted by atomic mass is 19.3. The first kappa shape index (κ1) is 11.3. The van der Waals surface area contributed by atoms with Gasteiger partial charge in [-0.2, -0.15) is 0 Å². The molecular weight excluding hydrogens is 194 g/mol. The molecule has 0 aromatic rings. The quantitative estimate of drug-likeness (QED) is 0.646. The zero-order valence-electron chi connectivity index (χ0n) is 7.91. The van der Waals surface area contributed by atoms with Crippen molar-refractivity contribution in [2.24, 2.45) is 5.73 Å². The van der Waals surface area contributed by atoms with E-state index < -0.39 is 43.5 Å². The van der Waals surface area contributed by atoms with Crippen LogP contribution in [-0.2, 0) is 4.79 Å². The lowest BCUT2D eigenvalue weighted by Crippen LogP contribution is -2.46. The summed E-state index contributed by atoms with van der Waals surface area (Å²) in [5.74, 6) is -3.45. The average molecular weight is 208 g/mol. The first-order valence-electron chi connectivity index (χ1n) is 4.42. The maximum absolute atomic E-state index is 12.9. The van der Waals surface area contributed by atoms with E-state index in [2.05, 4.69) is 0 Å². The van der Waals surface area contributed by atoms with Crippen LogP contribution in [0.25, 0.3) is 0 Å². The third-order valence-corrected chi connectivity index (χ3v) is 2.26. The van der Waals surface area contributed by atoms with Gasteiger partial charge in [-0.3, -0.25) is 4.79 Å². The fourth-order valence-corrected chi connectivity index (χ4v) is 1.58. The van der Waals surface area contributed by atoms with Gasteiger partial charge in [-0.15, -0.1) is 0 Å². The molecule has 0 bridgehead atoms. The van der Waals surface area contributed by atoms with Crippen LogP contribution in [0.5, 0.6) is 0 Å². The van der Waals surface area contributed by atoms with Crippen molar-refractivity contribution in [2.75, 3.05) is 13.2 Å². The van der Waals surface area contributed by atoms with E-state index in [1.165, 1.54) is 6.92 Å². The van der Waals surface area contributed by atoms with Gasteiger partial charge in [0, 0.05) is 6.42 Å². The van der Waals surface area contributed by atoms with E-state index in [4.69, 9.17) is 10.8 Å². The summed E-state index contributed by atoms with van der Waals surface area (Å²) < 4.78 is 25.8. The van der Waals surface area contributed by atoms with Crippen LogP contribution >= 0.6 is 0 Å². The van der Waals surface area contributed by atoms with Crippen LogP contribution in [0.4, 0.5) is 8.78 Å². The molecule has 1 aliphatic heterocycles. The summed E-state index contributed by atoms with van der Waals surface area (Å²) in [6.07, 6.45) is -0.484. The van der Waals surface area contributed by atoms with E-state index in [1.807, 2.05) is 0 Å². The lowest BCUT2D eigenvalue weighted by Gasteiger charge is -2.23. The Hall–Kier alpha value is -0.750. The standard InChI is InChI=1S/C8H14F2N2O2/c1-5(11)7(14)12-4-8(9,10)2-6(12)3-13/h5-6,13H,2-4,11H2,1H3/t5-,6-/m1/s1. The van der Waals surface area contributed by atoms with Crippen LogP contribution < -0.4 is 5.73 Å². The molecule has 1 aliphatic rings. The number of alkyl halides is 2. The molecule has 1 fully saturated rings. The summed E-state index contributed by atoms with van der Waals surface area (Å²) in [6.45, 7) is 0.347. The Morgan fingerprint density at radius 3 is 2.79 bits per heavy atom. The highest BCUT2D eigenvalue weighted by molar-refractivity contribution is 5.81. The highest BCUT2D eigenvalue weighted by Crippen LogP contribution is 2.31. The Morgan fingerprint density at radius 1 is 1.79 bits per heavy atom. The minimum Gasteiger partial charge on any atom is -0.394 e. The molecule has 0 aromatic carbocycles. The van der Waals surface area contributed by atoms with E-state index in [9.17, 15) is 13.6 Å². The molecular formula is C8H14F2N2O2. The molecule has 1 saturated heterocycles. The summed E-state index contributed by atoms with van der Waals surface area (Å²) >= 11 is 0. The van der Waals surface area contributed by atoms with Crippen molar-refractivity contribution in [3.8, 4) is 0 Å². The van der Waals surface area contributed by atoms with Crippen LogP contribution in [0.15, 0.2) is 0 Å². The fraction of sp³-hybridized carbons (Fsp3) is 0.875. The second-order valence-electron chi connectivity index (χ2n) is 3.65. The maximum Gasteiger partial charge on any atom is 0.267 e. The van der Waals surface area contributed by atoms with Gasteiger partial charge in [-0.05, 0) is 6.92 Å². The summed E-state index contributed by atoms with van der Waals surface area (Å²) in [6, 6.07) is -1.61. The van der Waals surface area contributed by atoms with E-state index >= 15 is 0 Å². The Bertz CT molecular complexity index is 233. The number of halogens is 2. The lowest BCUT2D eigenvalue weighted by molar-refractivity contribution is -0.134. The number of nitrogens with zero attached hydrogens (tertiary/aromatic N) is 1. The summed E-state index contributed by atoms with van der Waals surface area (Å²) in [7, 11) is 0. The van der Waals surface area contributed by atoms with Crippen LogP contribution in [0.2, 0.25) is 0 Å². The Kier molecular flexibility index (Phi) is 3.06. The monoisotopic (exact) mass is 208 g/mol. The van der Waals surface area contributed by atoms with Crippen LogP contribution in [0.1, 0.15) is 13.3 Å². The molecule has 0 aromatic heterocycles. The Labute approximate surface area is 80.7 Å². The molecule has 4 nitrogen and oxygen atoms in total. The van der Waals surface area contributed by atoms with E-state index in [1.54, 1.807) is 0 Å². The van der Waals surface area contributed by atoms with E-state index in [-0.39, 0.29) is 0 Å². The van der Waals surface area contributed by atoms with Gasteiger partial charge < -0.3 is 15.7 Å². The number of amides is 1. The minimum atomic E-state index is -2.90. The van der Waals surface area contributed by atoms with Crippen molar-refractivity contribution >= 4 is 5.91 Å². The normalized spacial score (nSPS) is 27.8. The number of hydrogen-bond donors (Lipinski definition) is 2. The second kappa shape index (κ2) is 3.78. The average Bonchev–Trinajstić information content (AvgIpc) is 2.39. The molecule has 0 aliphatic carbocycles. The molecule has 82 valence electrons. The van der Waals surface area contributed by atoms with Gasteiger partial charge >= 0.3 is 0 Å². The zero-order valence-corrected chi connectivity index (χ0v) is 7.91. The smallest absolute Gasteiger partial charge is 0.267 e. The van der Waals surface area contributed by atoms with Gasteiger partial charge in [-0.25, -0.2) is 8.78 Å². The largest absolute Gasteiger partial charge is 0.394 e. The molecule has 3 N–H and O–H groups in total. The van der Waals surface area contributed by atoms with Crippen LogP contribution in [-0.4, -0.2) is 47.1 Å². The first-order valence-corrected chi connectivity index (χ1v) is 4.42. The van der Waals surface area contributed by atoms with E-state index in [0.717, 1.165) is 4.90 Å². The summed E-state index contributed by atoms with van der Waals surface area (Å²) in [5.41, 5.74) is 5.30. The lowest BCUT2D eigenvalue weighted by atomic mass is 10.2. The number of rotatable bonds is 2. The molecule has 14 heavy (non-hydrogen) atoms. The molecule has 0 unspecified atom stereocenters. The van der Waals surface area contributed by atoms with Gasteiger partial charge in [-0.1, -0.05) is 0 Å². The number of nitrogens with two attached hydrogens (primary N) is 1. The second-order valence-corrected chi connectivity index (χ2v) is 3.65. The van der Waals surface area contributed by atoms with Crippen molar-refractivity contribution in [2.45, 2.75) is 31.4 Å². The van der Waals surface area contributed by atoms with Gasteiger partial charge in [0.2, 0.25) is 5.91 Å². The molecule has 1 heterocycles. The predicted molar refractivity (Wildman–Crippen MR) is 45.8 cm³/mol. The van der Waals surface area contributed by atoms with Gasteiger partial charge in [0.25, 0.3) is 5.92 Å². The minimum absolute atomic E-state index is 0.450. The van der Waals surface area contributed by atoms with Crippen molar-refractivity contribution in [1.29, 1.82) is 0 Å². The number of hydrogen-bond acceptors (Lipinski definition) is 3. The summed E-state index contributed by atoms with van der Waals surface area (Å²) in [5, 5.41) is 8.83. The number of likely N-dealkylation sites (tertiary alicyclic amines) is 1. The van der Waals surface area contributed by atoms with Crippen molar-refractivity contribution < 1.29 is 18.7 Å². The molecule has 0 radical (unpaired) electrons. The van der Waals surface area contributed by atoms with Gasteiger partial charge in [0.05, 0.1) is 25.2 Å². The summed E-state index contributed by atoms with van der Waals surface area (Å²) in [4.78, 5) is 12.3.